The van der Waals surface area contributed by atoms with E-state index in [1.165, 1.54) is 24.3 Å². The summed E-state index contributed by atoms with van der Waals surface area (Å²) in [5.41, 5.74) is 1.36. The van der Waals surface area contributed by atoms with Crippen LogP contribution in [0, 0.1) is 5.82 Å². The summed E-state index contributed by atoms with van der Waals surface area (Å²) in [6, 6.07) is 11.0. The SMILES string of the molecule is O=C1SC(=Cc2ccc3c(c2)OCO3)C(=O)N1CNc1ccc(F)cc1. The van der Waals surface area contributed by atoms with Crippen molar-refractivity contribution in [3.8, 4) is 11.5 Å². The first-order chi connectivity index (χ1) is 12.6. The Kier molecular flexibility index (Phi) is 4.26. The molecule has 2 amide bonds. The number of hydrogen-bond acceptors (Lipinski definition) is 6. The molecule has 0 aliphatic carbocycles. The predicted octanol–water partition coefficient (Wildman–Crippen LogP) is 3.66. The van der Waals surface area contributed by atoms with Crippen molar-refractivity contribution in [3.63, 3.8) is 0 Å². The molecular weight excluding hydrogens is 359 g/mol. The van der Waals surface area contributed by atoms with E-state index in [-0.39, 0.29) is 30.4 Å². The summed E-state index contributed by atoms with van der Waals surface area (Å²) in [6.45, 7) is 0.180. The van der Waals surface area contributed by atoms with Crippen LogP contribution in [0.3, 0.4) is 0 Å². The molecule has 0 radical (unpaired) electrons. The van der Waals surface area contributed by atoms with Gasteiger partial charge in [-0.2, -0.15) is 0 Å². The zero-order chi connectivity index (χ0) is 18.1. The Balaban J connectivity index is 1.47. The number of fused-ring (bicyclic) bond motifs is 1. The number of carbonyl (C=O) groups excluding carboxylic acids is 2. The number of nitrogens with zero attached hydrogens (tertiary/aromatic N) is 1. The summed E-state index contributed by atoms with van der Waals surface area (Å²) in [5.74, 6) is 0.523. The molecule has 2 aromatic rings. The van der Waals surface area contributed by atoms with Crippen molar-refractivity contribution in [1.82, 2.24) is 4.90 Å². The van der Waals surface area contributed by atoms with Gasteiger partial charge >= 0.3 is 0 Å². The summed E-state index contributed by atoms with van der Waals surface area (Å²) in [4.78, 5) is 26.1. The van der Waals surface area contributed by atoms with E-state index in [0.29, 0.717) is 22.1 Å². The molecule has 6 nitrogen and oxygen atoms in total. The first kappa shape index (κ1) is 16.5. The number of benzene rings is 2. The maximum Gasteiger partial charge on any atom is 0.295 e. The fraction of sp³-hybridized carbons (Fsp3) is 0.111. The van der Waals surface area contributed by atoms with E-state index >= 15 is 0 Å². The van der Waals surface area contributed by atoms with E-state index in [9.17, 15) is 14.0 Å². The number of halogens is 1. The third-order valence-electron chi connectivity index (χ3n) is 3.85. The van der Waals surface area contributed by atoms with Crippen molar-refractivity contribution in [2.24, 2.45) is 0 Å². The molecule has 1 fully saturated rings. The highest BCUT2D eigenvalue weighted by atomic mass is 32.2. The smallest absolute Gasteiger partial charge is 0.295 e. The molecule has 0 aromatic heterocycles. The number of nitrogens with one attached hydrogen (secondary N) is 1. The second-order valence-electron chi connectivity index (χ2n) is 5.56. The van der Waals surface area contributed by atoms with Gasteiger partial charge in [0.05, 0.1) is 11.6 Å². The van der Waals surface area contributed by atoms with Crippen LogP contribution in [-0.2, 0) is 4.79 Å². The van der Waals surface area contributed by atoms with Crippen LogP contribution in [0.2, 0.25) is 0 Å². The third-order valence-corrected chi connectivity index (χ3v) is 4.76. The largest absolute Gasteiger partial charge is 0.454 e. The summed E-state index contributed by atoms with van der Waals surface area (Å²) in [5, 5.41) is 2.57. The first-order valence-corrected chi connectivity index (χ1v) is 8.56. The Bertz CT molecular complexity index is 914. The van der Waals surface area contributed by atoms with Crippen LogP contribution in [0.1, 0.15) is 5.56 Å². The lowest BCUT2D eigenvalue weighted by atomic mass is 10.2. The lowest BCUT2D eigenvalue weighted by Gasteiger charge is -2.14. The van der Waals surface area contributed by atoms with Gasteiger partial charge in [-0.1, -0.05) is 6.07 Å². The molecule has 0 saturated carbocycles. The summed E-state index contributed by atoms with van der Waals surface area (Å²) < 4.78 is 23.5. The molecule has 2 aromatic carbocycles. The minimum atomic E-state index is -0.382. The van der Waals surface area contributed by atoms with Crippen molar-refractivity contribution in [1.29, 1.82) is 0 Å². The topological polar surface area (TPSA) is 67.9 Å². The number of thioether (sulfide) groups is 1. The minimum Gasteiger partial charge on any atom is -0.454 e. The van der Waals surface area contributed by atoms with E-state index in [1.807, 2.05) is 0 Å². The van der Waals surface area contributed by atoms with Gasteiger partial charge in [0.2, 0.25) is 6.79 Å². The summed E-state index contributed by atoms with van der Waals surface area (Å²) in [7, 11) is 0. The second kappa shape index (κ2) is 6.72. The fourth-order valence-corrected chi connectivity index (χ4v) is 3.37. The highest BCUT2D eigenvalue weighted by molar-refractivity contribution is 8.18. The van der Waals surface area contributed by atoms with E-state index in [4.69, 9.17) is 9.47 Å². The van der Waals surface area contributed by atoms with Gasteiger partial charge in [0.1, 0.15) is 5.82 Å². The van der Waals surface area contributed by atoms with E-state index in [1.54, 1.807) is 24.3 Å². The molecule has 26 heavy (non-hydrogen) atoms. The number of ether oxygens (including phenoxy) is 2. The van der Waals surface area contributed by atoms with Crippen LogP contribution < -0.4 is 14.8 Å². The lowest BCUT2D eigenvalue weighted by Crippen LogP contribution is -2.33. The quantitative estimate of drug-likeness (QED) is 0.826. The zero-order valence-corrected chi connectivity index (χ0v) is 14.2. The molecule has 2 aliphatic rings. The number of carbonyl (C=O) groups is 2. The lowest BCUT2D eigenvalue weighted by molar-refractivity contribution is -0.122. The van der Waals surface area contributed by atoms with Crippen molar-refractivity contribution in [2.45, 2.75) is 0 Å². The molecular formula is C18H13FN2O4S. The van der Waals surface area contributed by atoms with Crippen LogP contribution in [0.25, 0.3) is 6.08 Å². The first-order valence-electron chi connectivity index (χ1n) is 7.74. The van der Waals surface area contributed by atoms with Crippen molar-refractivity contribution >= 4 is 34.7 Å². The zero-order valence-electron chi connectivity index (χ0n) is 13.4. The van der Waals surface area contributed by atoms with Crippen LogP contribution in [0.15, 0.2) is 47.4 Å². The molecule has 2 aliphatic heterocycles. The van der Waals surface area contributed by atoms with Gasteiger partial charge in [0.25, 0.3) is 11.1 Å². The highest BCUT2D eigenvalue weighted by Gasteiger charge is 2.34. The maximum atomic E-state index is 12.9. The molecule has 0 spiro atoms. The Labute approximate surface area is 152 Å². The van der Waals surface area contributed by atoms with Gasteiger partial charge in [0.15, 0.2) is 11.5 Å². The fourth-order valence-electron chi connectivity index (χ4n) is 2.53. The standard InChI is InChI=1S/C18H13FN2O4S/c19-12-2-4-13(5-3-12)20-9-21-17(22)16(26-18(21)23)8-11-1-6-14-15(7-11)25-10-24-14/h1-8,20H,9-10H2. The van der Waals surface area contributed by atoms with E-state index < -0.39 is 0 Å². The molecule has 1 N–H and O–H groups in total. The van der Waals surface area contributed by atoms with Crippen molar-refractivity contribution in [2.75, 3.05) is 18.8 Å². The van der Waals surface area contributed by atoms with E-state index in [0.717, 1.165) is 22.2 Å². The monoisotopic (exact) mass is 372 g/mol. The predicted molar refractivity (Wildman–Crippen MR) is 95.3 cm³/mol. The van der Waals surface area contributed by atoms with Gasteiger partial charge < -0.3 is 14.8 Å². The van der Waals surface area contributed by atoms with Crippen molar-refractivity contribution in [3.05, 3.63) is 58.8 Å². The normalized spacial score (nSPS) is 17.3. The average Bonchev–Trinajstić information content (AvgIpc) is 3.20. The average molecular weight is 372 g/mol. The van der Waals surface area contributed by atoms with Crippen LogP contribution in [-0.4, -0.2) is 29.5 Å². The van der Waals surface area contributed by atoms with Gasteiger partial charge in [-0.05, 0) is 59.8 Å². The number of hydrogen-bond donors (Lipinski definition) is 1. The number of imide groups is 1. The number of rotatable bonds is 4. The number of amides is 2. The van der Waals surface area contributed by atoms with Gasteiger partial charge in [-0.25, -0.2) is 4.39 Å². The van der Waals surface area contributed by atoms with Gasteiger partial charge in [-0.15, -0.1) is 0 Å². The van der Waals surface area contributed by atoms with Crippen LogP contribution in [0.5, 0.6) is 11.5 Å². The minimum absolute atomic E-state index is 0.00871. The molecule has 0 bridgehead atoms. The van der Waals surface area contributed by atoms with Gasteiger partial charge in [0, 0.05) is 5.69 Å². The van der Waals surface area contributed by atoms with Crippen LogP contribution >= 0.6 is 11.8 Å². The number of anilines is 1. The maximum absolute atomic E-state index is 12.9. The molecule has 8 heteroatoms. The Morgan fingerprint density at radius 1 is 1.12 bits per heavy atom. The second-order valence-corrected chi connectivity index (χ2v) is 6.56. The third kappa shape index (κ3) is 3.23. The molecule has 2 heterocycles. The molecule has 4 rings (SSSR count). The Morgan fingerprint density at radius 2 is 1.88 bits per heavy atom. The molecule has 0 unspecified atom stereocenters. The summed E-state index contributed by atoms with van der Waals surface area (Å²) >= 11 is 0.874. The molecule has 1 saturated heterocycles. The molecule has 132 valence electrons. The van der Waals surface area contributed by atoms with Crippen molar-refractivity contribution < 1.29 is 23.5 Å². The van der Waals surface area contributed by atoms with E-state index in [2.05, 4.69) is 5.32 Å². The summed E-state index contributed by atoms with van der Waals surface area (Å²) in [6.07, 6.45) is 1.64. The Hall–Kier alpha value is -3.00. The van der Waals surface area contributed by atoms with Crippen LogP contribution in [0.4, 0.5) is 14.9 Å². The highest BCUT2D eigenvalue weighted by Crippen LogP contribution is 2.36. The Morgan fingerprint density at radius 3 is 2.69 bits per heavy atom. The molecule has 0 atom stereocenters. The van der Waals surface area contributed by atoms with Gasteiger partial charge in [-0.3, -0.25) is 14.5 Å².